The molecule has 0 bridgehead atoms. The first-order valence-corrected chi connectivity index (χ1v) is 8.57. The van der Waals surface area contributed by atoms with E-state index < -0.39 is 21.0 Å². The average molecular weight is 348 g/mol. The normalized spacial score (nSPS) is 13.1. The fourth-order valence-electron chi connectivity index (χ4n) is 1.58. The largest absolute Gasteiger partial charge is 0.324 e. The highest BCUT2D eigenvalue weighted by atomic mass is 79.9. The third-order valence-electron chi connectivity index (χ3n) is 2.78. The highest BCUT2D eigenvalue weighted by Crippen LogP contribution is 2.23. The van der Waals surface area contributed by atoms with Crippen molar-refractivity contribution in [1.29, 1.82) is 0 Å². The lowest BCUT2D eigenvalue weighted by molar-refractivity contribution is -0.115. The molecule has 0 heterocycles. The van der Waals surface area contributed by atoms with Gasteiger partial charge in [0.1, 0.15) is 5.25 Å². The van der Waals surface area contributed by atoms with Gasteiger partial charge in [-0.05, 0) is 53.9 Å². The van der Waals surface area contributed by atoms with Crippen molar-refractivity contribution >= 4 is 37.4 Å². The van der Waals surface area contributed by atoms with Gasteiger partial charge in [-0.2, -0.15) is 0 Å². The van der Waals surface area contributed by atoms with Crippen LogP contribution < -0.4 is 5.32 Å². The molecule has 6 heteroatoms. The summed E-state index contributed by atoms with van der Waals surface area (Å²) in [5.41, 5.74) is 1.63. The van der Waals surface area contributed by atoms with E-state index in [9.17, 15) is 13.2 Å². The van der Waals surface area contributed by atoms with E-state index in [-0.39, 0.29) is 5.75 Å². The van der Waals surface area contributed by atoms with Gasteiger partial charge in [0, 0.05) is 4.47 Å². The lowest BCUT2D eigenvalue weighted by Crippen LogP contribution is -2.34. The minimum Gasteiger partial charge on any atom is -0.324 e. The summed E-state index contributed by atoms with van der Waals surface area (Å²) < 4.78 is 24.4. The van der Waals surface area contributed by atoms with Crippen LogP contribution in [0.2, 0.25) is 0 Å². The maximum absolute atomic E-state index is 12.0. The summed E-state index contributed by atoms with van der Waals surface area (Å²) >= 11 is 3.34. The number of benzene rings is 1. The lowest BCUT2D eigenvalue weighted by Gasteiger charge is -2.14. The zero-order valence-electron chi connectivity index (χ0n) is 11.2. The number of carbonyl (C=O) groups excluding carboxylic acids is 1. The number of rotatable bonds is 5. The van der Waals surface area contributed by atoms with Crippen LogP contribution in [-0.2, 0) is 14.6 Å². The maximum atomic E-state index is 12.0. The molecule has 0 spiro atoms. The SMILES string of the molecule is CCCS(=O)(=O)[C@@H](C)C(=O)Nc1ccc(C)cc1Br. The quantitative estimate of drug-likeness (QED) is 0.890. The first-order valence-electron chi connectivity index (χ1n) is 6.06. The van der Waals surface area contributed by atoms with Gasteiger partial charge in [0.2, 0.25) is 5.91 Å². The Morgan fingerprint density at radius 3 is 2.58 bits per heavy atom. The average Bonchev–Trinajstić information content (AvgIpc) is 2.31. The van der Waals surface area contributed by atoms with Gasteiger partial charge < -0.3 is 5.32 Å². The monoisotopic (exact) mass is 347 g/mol. The van der Waals surface area contributed by atoms with E-state index in [2.05, 4.69) is 21.2 Å². The smallest absolute Gasteiger partial charge is 0.242 e. The highest BCUT2D eigenvalue weighted by molar-refractivity contribution is 9.10. The number of anilines is 1. The van der Waals surface area contributed by atoms with Gasteiger partial charge in [0.25, 0.3) is 0 Å². The molecule has 1 amide bonds. The Kier molecular flexibility index (Phi) is 5.55. The Labute approximate surface area is 122 Å². The molecule has 1 atom stereocenters. The molecule has 1 aromatic carbocycles. The number of hydrogen-bond donors (Lipinski definition) is 1. The molecule has 1 aromatic rings. The van der Waals surface area contributed by atoms with Crippen molar-refractivity contribution in [2.75, 3.05) is 11.1 Å². The molecule has 1 N–H and O–H groups in total. The summed E-state index contributed by atoms with van der Waals surface area (Å²) in [6, 6.07) is 5.46. The summed E-state index contributed by atoms with van der Waals surface area (Å²) in [6.07, 6.45) is 0.508. The van der Waals surface area contributed by atoms with Gasteiger partial charge in [-0.3, -0.25) is 4.79 Å². The third-order valence-corrected chi connectivity index (χ3v) is 5.70. The summed E-state index contributed by atoms with van der Waals surface area (Å²) in [4.78, 5) is 12.0. The van der Waals surface area contributed by atoms with Gasteiger partial charge in [0.15, 0.2) is 9.84 Å². The standard InChI is InChI=1S/C13H18BrNO3S/c1-4-7-19(17,18)10(3)13(16)15-12-6-5-9(2)8-11(12)14/h5-6,8,10H,4,7H2,1-3H3,(H,15,16)/t10-/m0/s1. The zero-order valence-corrected chi connectivity index (χ0v) is 13.6. The van der Waals surface area contributed by atoms with Crippen molar-refractivity contribution in [3.8, 4) is 0 Å². The van der Waals surface area contributed by atoms with E-state index in [0.29, 0.717) is 12.1 Å². The Morgan fingerprint density at radius 2 is 2.05 bits per heavy atom. The van der Waals surface area contributed by atoms with Gasteiger partial charge >= 0.3 is 0 Å². The lowest BCUT2D eigenvalue weighted by atomic mass is 10.2. The van der Waals surface area contributed by atoms with Crippen LogP contribution in [0.4, 0.5) is 5.69 Å². The number of halogens is 1. The number of carbonyl (C=O) groups is 1. The van der Waals surface area contributed by atoms with Crippen LogP contribution in [0.5, 0.6) is 0 Å². The molecular formula is C13H18BrNO3S. The first kappa shape index (κ1) is 16.2. The molecule has 0 aliphatic rings. The molecule has 4 nitrogen and oxygen atoms in total. The van der Waals surface area contributed by atoms with Crippen molar-refractivity contribution < 1.29 is 13.2 Å². The van der Waals surface area contributed by atoms with Gasteiger partial charge in [-0.15, -0.1) is 0 Å². The van der Waals surface area contributed by atoms with Crippen LogP contribution in [0.15, 0.2) is 22.7 Å². The molecule has 0 saturated heterocycles. The van der Waals surface area contributed by atoms with Crippen LogP contribution >= 0.6 is 15.9 Å². The van der Waals surface area contributed by atoms with Crippen molar-refractivity contribution in [2.45, 2.75) is 32.4 Å². The first-order chi connectivity index (χ1) is 8.77. The molecule has 0 aliphatic heterocycles. The summed E-state index contributed by atoms with van der Waals surface area (Å²) in [7, 11) is -3.38. The van der Waals surface area contributed by atoms with E-state index in [1.54, 1.807) is 13.0 Å². The number of sulfone groups is 1. The number of amides is 1. The summed E-state index contributed by atoms with van der Waals surface area (Å²) in [5.74, 6) is -0.477. The minimum absolute atomic E-state index is 0.0245. The highest BCUT2D eigenvalue weighted by Gasteiger charge is 2.27. The number of nitrogens with one attached hydrogen (secondary N) is 1. The molecule has 0 radical (unpaired) electrons. The van der Waals surface area contributed by atoms with Crippen LogP contribution in [0, 0.1) is 6.92 Å². The summed E-state index contributed by atoms with van der Waals surface area (Å²) in [5, 5.41) is 1.60. The Balaban J connectivity index is 2.85. The van der Waals surface area contributed by atoms with Crippen LogP contribution in [0.25, 0.3) is 0 Å². The molecule has 19 heavy (non-hydrogen) atoms. The maximum Gasteiger partial charge on any atom is 0.242 e. The number of hydrogen-bond acceptors (Lipinski definition) is 3. The Bertz CT molecular complexity index is 569. The van der Waals surface area contributed by atoms with Crippen molar-refractivity contribution in [1.82, 2.24) is 0 Å². The molecule has 1 rings (SSSR count). The Hall–Kier alpha value is -0.880. The molecule has 0 fully saturated rings. The molecule has 0 unspecified atom stereocenters. The molecule has 106 valence electrons. The van der Waals surface area contributed by atoms with E-state index in [0.717, 1.165) is 10.0 Å². The van der Waals surface area contributed by atoms with Crippen molar-refractivity contribution in [3.63, 3.8) is 0 Å². The predicted molar refractivity (Wildman–Crippen MR) is 81.0 cm³/mol. The van der Waals surface area contributed by atoms with E-state index in [1.807, 2.05) is 19.1 Å². The molecule has 0 aromatic heterocycles. The minimum atomic E-state index is -3.38. The predicted octanol–water partition coefficient (Wildman–Crippen LogP) is 2.91. The van der Waals surface area contributed by atoms with E-state index >= 15 is 0 Å². The van der Waals surface area contributed by atoms with Gasteiger partial charge in [-0.25, -0.2) is 8.42 Å². The van der Waals surface area contributed by atoms with E-state index in [1.165, 1.54) is 6.92 Å². The van der Waals surface area contributed by atoms with E-state index in [4.69, 9.17) is 0 Å². The second-order valence-electron chi connectivity index (χ2n) is 4.48. The summed E-state index contributed by atoms with van der Waals surface area (Å²) in [6.45, 7) is 5.13. The second kappa shape index (κ2) is 6.52. The topological polar surface area (TPSA) is 63.2 Å². The Morgan fingerprint density at radius 1 is 1.42 bits per heavy atom. The third kappa shape index (κ3) is 4.31. The fourth-order valence-corrected chi connectivity index (χ4v) is 3.48. The molecule has 0 saturated carbocycles. The van der Waals surface area contributed by atoms with Gasteiger partial charge in [-0.1, -0.05) is 13.0 Å². The fraction of sp³-hybridized carbons (Fsp3) is 0.462. The van der Waals surface area contributed by atoms with Crippen LogP contribution in [0.3, 0.4) is 0 Å². The van der Waals surface area contributed by atoms with Gasteiger partial charge in [0.05, 0.1) is 11.4 Å². The molecule has 0 aliphatic carbocycles. The van der Waals surface area contributed by atoms with Crippen molar-refractivity contribution in [3.05, 3.63) is 28.2 Å². The van der Waals surface area contributed by atoms with Crippen LogP contribution in [0.1, 0.15) is 25.8 Å². The van der Waals surface area contributed by atoms with Crippen molar-refractivity contribution in [2.24, 2.45) is 0 Å². The second-order valence-corrected chi connectivity index (χ2v) is 7.78. The van der Waals surface area contributed by atoms with Crippen LogP contribution in [-0.4, -0.2) is 25.3 Å². The zero-order chi connectivity index (χ0) is 14.6. The molecular weight excluding hydrogens is 330 g/mol. The number of aryl methyl sites for hydroxylation is 1.